The first-order chi connectivity index (χ1) is 13.5. The lowest BCUT2D eigenvalue weighted by Crippen LogP contribution is -2.18. The average molecular weight is 412 g/mol. The second kappa shape index (κ2) is 15.4. The van der Waals surface area contributed by atoms with Crippen LogP contribution < -0.4 is 21.1 Å². The van der Waals surface area contributed by atoms with E-state index in [0.29, 0.717) is 11.4 Å². The van der Waals surface area contributed by atoms with Crippen molar-refractivity contribution in [3.05, 3.63) is 58.9 Å². The number of anilines is 1. The molecular formula is C20H27ClFN3O3. The zero-order valence-corrected chi connectivity index (χ0v) is 17.0. The molecule has 154 valence electrons. The van der Waals surface area contributed by atoms with Crippen molar-refractivity contribution in [2.45, 2.75) is 12.3 Å². The van der Waals surface area contributed by atoms with Crippen LogP contribution in [0.4, 0.5) is 10.1 Å². The molecule has 0 aliphatic rings. The highest BCUT2D eigenvalue weighted by molar-refractivity contribution is 6.31. The third-order valence-corrected chi connectivity index (χ3v) is 3.94. The number of halogens is 2. The third-order valence-electron chi connectivity index (χ3n) is 3.61. The number of primary amides is 1. The highest BCUT2D eigenvalue weighted by atomic mass is 35.5. The summed E-state index contributed by atoms with van der Waals surface area (Å²) >= 11 is 6.15. The summed E-state index contributed by atoms with van der Waals surface area (Å²) in [6, 6.07) is 11.8. The zero-order valence-electron chi connectivity index (χ0n) is 16.2. The van der Waals surface area contributed by atoms with Gasteiger partial charge in [-0.15, -0.1) is 0 Å². The van der Waals surface area contributed by atoms with Gasteiger partial charge in [-0.3, -0.25) is 4.79 Å². The van der Waals surface area contributed by atoms with Crippen molar-refractivity contribution in [3.63, 3.8) is 0 Å². The molecule has 6 nitrogen and oxygen atoms in total. The van der Waals surface area contributed by atoms with E-state index in [2.05, 4.69) is 16.4 Å². The molecule has 28 heavy (non-hydrogen) atoms. The van der Waals surface area contributed by atoms with Gasteiger partial charge in [-0.05, 0) is 49.0 Å². The summed E-state index contributed by atoms with van der Waals surface area (Å²) in [6.45, 7) is 0.727. The van der Waals surface area contributed by atoms with Gasteiger partial charge in [0.05, 0.1) is 7.11 Å². The molecule has 0 aliphatic heterocycles. The Bertz CT molecular complexity index is 700. The number of nitrogens with one attached hydrogen (secondary N) is 2. The summed E-state index contributed by atoms with van der Waals surface area (Å²) in [5.74, 6) is 0.637. The second-order valence-electron chi connectivity index (χ2n) is 5.44. The molecule has 0 heterocycles. The predicted molar refractivity (Wildman–Crippen MR) is 112 cm³/mol. The van der Waals surface area contributed by atoms with Crippen LogP contribution in [-0.4, -0.2) is 40.4 Å². The van der Waals surface area contributed by atoms with E-state index in [9.17, 15) is 9.18 Å². The molecule has 8 heteroatoms. The van der Waals surface area contributed by atoms with E-state index in [1.807, 2.05) is 19.2 Å². The van der Waals surface area contributed by atoms with Crippen LogP contribution in [-0.2, 0) is 9.59 Å². The quantitative estimate of drug-likeness (QED) is 0.608. The maximum Gasteiger partial charge on any atom is 0.204 e. The van der Waals surface area contributed by atoms with Crippen molar-refractivity contribution in [1.82, 2.24) is 5.32 Å². The molecule has 0 spiro atoms. The largest absolute Gasteiger partial charge is 0.497 e. The Labute approximate surface area is 170 Å². The number of aldehydes is 1. The molecule has 1 atom stereocenters. The number of likely N-dealkylation sites (N-methyl/N-ethyl adjacent to an activating group) is 1. The summed E-state index contributed by atoms with van der Waals surface area (Å²) in [5, 5.41) is 6.59. The molecule has 2 aromatic carbocycles. The number of carbonyl (C=O) groups is 2. The van der Waals surface area contributed by atoms with Gasteiger partial charge in [0.15, 0.2) is 0 Å². The zero-order chi connectivity index (χ0) is 21.4. The fourth-order valence-corrected chi connectivity index (χ4v) is 2.59. The van der Waals surface area contributed by atoms with Crippen LogP contribution in [0.15, 0.2) is 42.5 Å². The average Bonchev–Trinajstić information content (AvgIpc) is 2.69. The molecule has 1 unspecified atom stereocenters. The first kappa shape index (κ1) is 25.4. The van der Waals surface area contributed by atoms with Crippen LogP contribution in [0, 0.1) is 5.82 Å². The summed E-state index contributed by atoms with van der Waals surface area (Å²) in [5.41, 5.74) is 6.07. The van der Waals surface area contributed by atoms with Gasteiger partial charge >= 0.3 is 0 Å². The van der Waals surface area contributed by atoms with Gasteiger partial charge in [0.2, 0.25) is 6.41 Å². The number of nitrogens with two attached hydrogens (primary N) is 1. The number of ether oxygens (including phenoxy) is 1. The Morgan fingerprint density at radius 1 is 1.18 bits per heavy atom. The van der Waals surface area contributed by atoms with E-state index in [1.54, 1.807) is 32.4 Å². The number of rotatable bonds is 7. The van der Waals surface area contributed by atoms with Gasteiger partial charge in [-0.25, -0.2) is 4.39 Å². The minimum absolute atomic E-state index is 0.112. The minimum atomic E-state index is -0.200. The SMILES string of the molecule is CNCC(CC=O)c1ccc(OC)cc1Cl.CNc1ccc(F)cc1.NC=O. The van der Waals surface area contributed by atoms with Gasteiger partial charge < -0.3 is 25.9 Å². The van der Waals surface area contributed by atoms with E-state index < -0.39 is 0 Å². The van der Waals surface area contributed by atoms with E-state index in [4.69, 9.17) is 21.1 Å². The number of methoxy groups -OCH3 is 1. The molecule has 0 saturated heterocycles. The monoisotopic (exact) mass is 411 g/mol. The number of carbonyl (C=O) groups excluding carboxylic acids is 2. The second-order valence-corrected chi connectivity index (χ2v) is 5.84. The highest BCUT2D eigenvalue weighted by Crippen LogP contribution is 2.29. The number of amides is 1. The Hall–Kier alpha value is -2.64. The Kier molecular flexibility index (Phi) is 14.0. The molecule has 2 rings (SSSR count). The van der Waals surface area contributed by atoms with Crippen molar-refractivity contribution in [1.29, 1.82) is 0 Å². The summed E-state index contributed by atoms with van der Waals surface area (Å²) in [7, 11) is 5.25. The lowest BCUT2D eigenvalue weighted by Gasteiger charge is -2.16. The number of hydrogen-bond acceptors (Lipinski definition) is 5. The van der Waals surface area contributed by atoms with Gasteiger partial charge in [-0.2, -0.15) is 0 Å². The van der Waals surface area contributed by atoms with Gasteiger partial charge in [0.25, 0.3) is 0 Å². The third kappa shape index (κ3) is 9.89. The smallest absolute Gasteiger partial charge is 0.204 e. The summed E-state index contributed by atoms with van der Waals surface area (Å²) in [4.78, 5) is 19.2. The molecule has 0 aliphatic carbocycles. The first-order valence-electron chi connectivity index (χ1n) is 8.47. The van der Waals surface area contributed by atoms with Crippen LogP contribution in [0.5, 0.6) is 5.75 Å². The van der Waals surface area contributed by atoms with E-state index in [1.165, 1.54) is 12.1 Å². The van der Waals surface area contributed by atoms with Crippen LogP contribution >= 0.6 is 11.6 Å². The van der Waals surface area contributed by atoms with Crippen LogP contribution in [0.1, 0.15) is 17.9 Å². The first-order valence-corrected chi connectivity index (χ1v) is 8.85. The molecule has 0 bridgehead atoms. The summed E-state index contributed by atoms with van der Waals surface area (Å²) < 4.78 is 17.3. The fourth-order valence-electron chi connectivity index (χ4n) is 2.27. The lowest BCUT2D eigenvalue weighted by molar-refractivity contribution is -0.108. The lowest BCUT2D eigenvalue weighted by atomic mass is 9.96. The standard InChI is InChI=1S/C12H16ClNO2.C7H8FN.CH3NO/c1-14-8-9(5-6-15)11-4-3-10(16-2)7-12(11)13;1-9-7-4-2-6(8)3-5-7;2-1-3/h3-4,6-7,9,14H,5,8H2,1-2H3;2-5,9H,1H3;1H,(H2,2,3). The van der Waals surface area contributed by atoms with Crippen molar-refractivity contribution < 1.29 is 18.7 Å². The van der Waals surface area contributed by atoms with Gasteiger partial charge in [0.1, 0.15) is 17.9 Å². The van der Waals surface area contributed by atoms with Crippen molar-refractivity contribution in [2.24, 2.45) is 5.73 Å². The maximum atomic E-state index is 12.2. The number of hydrogen-bond donors (Lipinski definition) is 3. The van der Waals surface area contributed by atoms with Crippen LogP contribution in [0.2, 0.25) is 5.02 Å². The van der Waals surface area contributed by atoms with E-state index in [0.717, 1.165) is 29.8 Å². The highest BCUT2D eigenvalue weighted by Gasteiger charge is 2.14. The molecule has 0 saturated carbocycles. The molecule has 2 aromatic rings. The molecule has 0 radical (unpaired) electrons. The molecule has 1 amide bonds. The van der Waals surface area contributed by atoms with Crippen LogP contribution in [0.3, 0.4) is 0 Å². The topological polar surface area (TPSA) is 93.4 Å². The Morgan fingerprint density at radius 3 is 2.21 bits per heavy atom. The van der Waals surface area contributed by atoms with Crippen LogP contribution in [0.25, 0.3) is 0 Å². The number of benzene rings is 2. The minimum Gasteiger partial charge on any atom is -0.497 e. The van der Waals surface area contributed by atoms with E-state index >= 15 is 0 Å². The maximum absolute atomic E-state index is 12.2. The van der Waals surface area contributed by atoms with Crippen molar-refractivity contribution in [2.75, 3.05) is 33.1 Å². The van der Waals surface area contributed by atoms with Crippen molar-refractivity contribution >= 4 is 30.0 Å². The molecule has 0 fully saturated rings. The van der Waals surface area contributed by atoms with Crippen molar-refractivity contribution in [3.8, 4) is 5.75 Å². The molecule has 4 N–H and O–H groups in total. The molecule has 0 aromatic heterocycles. The van der Waals surface area contributed by atoms with Gasteiger partial charge in [0, 0.05) is 36.6 Å². The Balaban J connectivity index is 0.000000509. The molecular weight excluding hydrogens is 385 g/mol. The van der Waals surface area contributed by atoms with Gasteiger partial charge in [-0.1, -0.05) is 17.7 Å². The summed E-state index contributed by atoms with van der Waals surface area (Å²) in [6.07, 6.45) is 1.63. The Morgan fingerprint density at radius 2 is 1.79 bits per heavy atom. The van der Waals surface area contributed by atoms with E-state index in [-0.39, 0.29) is 18.1 Å². The fraction of sp³-hybridized carbons (Fsp3) is 0.300. The predicted octanol–water partition coefficient (Wildman–Crippen LogP) is 3.21. The normalized spacial score (nSPS) is 10.3.